The van der Waals surface area contributed by atoms with Gasteiger partial charge in [-0.15, -0.1) is 0 Å². The number of benzene rings is 1. The number of ether oxygens (including phenoxy) is 1. The van der Waals surface area contributed by atoms with Crippen molar-refractivity contribution in [2.24, 2.45) is 0 Å². The third kappa shape index (κ3) is 3.11. The van der Waals surface area contributed by atoms with E-state index >= 15 is 0 Å². The van der Waals surface area contributed by atoms with Crippen LogP contribution in [0.1, 0.15) is 16.1 Å². The third-order valence-corrected chi connectivity index (χ3v) is 2.32. The van der Waals surface area contributed by atoms with Crippen LogP contribution in [0.5, 0.6) is 11.6 Å². The summed E-state index contributed by atoms with van der Waals surface area (Å²) >= 11 is 0. The Balaban J connectivity index is 2.28. The van der Waals surface area contributed by atoms with E-state index in [1.165, 1.54) is 12.1 Å². The Morgan fingerprint density at radius 3 is 2.50 bits per heavy atom. The fourth-order valence-electron chi connectivity index (χ4n) is 1.42. The molecule has 1 aromatic carbocycles. The van der Waals surface area contributed by atoms with Gasteiger partial charge in [-0.2, -0.15) is 13.2 Å². The molecule has 0 N–H and O–H groups in total. The van der Waals surface area contributed by atoms with E-state index < -0.39 is 23.6 Å². The molecule has 1 aromatic heterocycles. The van der Waals surface area contributed by atoms with Gasteiger partial charge in [0.05, 0.1) is 0 Å². The standard InChI is InChI=1S/C13H7F4NO2/c14-9-6-8(7-19)4-5-10(9)20-12-3-1-2-11(18-12)13(15,16)17/h1-7H. The second-order valence-electron chi connectivity index (χ2n) is 3.77. The van der Waals surface area contributed by atoms with Crippen LogP contribution in [0.4, 0.5) is 17.6 Å². The number of rotatable bonds is 3. The van der Waals surface area contributed by atoms with Crippen LogP contribution in [0.25, 0.3) is 0 Å². The number of halogens is 4. The van der Waals surface area contributed by atoms with Gasteiger partial charge in [0, 0.05) is 11.6 Å². The van der Waals surface area contributed by atoms with Crippen molar-refractivity contribution in [1.82, 2.24) is 4.98 Å². The highest BCUT2D eigenvalue weighted by atomic mass is 19.4. The second kappa shape index (κ2) is 5.28. The Morgan fingerprint density at radius 2 is 1.90 bits per heavy atom. The number of carbonyl (C=O) groups excluding carboxylic acids is 1. The maximum Gasteiger partial charge on any atom is 0.433 e. The molecule has 3 nitrogen and oxygen atoms in total. The highest BCUT2D eigenvalue weighted by molar-refractivity contribution is 5.75. The topological polar surface area (TPSA) is 39.2 Å². The molecule has 0 aliphatic rings. The number of hydrogen-bond acceptors (Lipinski definition) is 3. The zero-order valence-electron chi connectivity index (χ0n) is 9.82. The average Bonchev–Trinajstić information content (AvgIpc) is 2.40. The monoisotopic (exact) mass is 285 g/mol. The van der Waals surface area contributed by atoms with Crippen LogP contribution in [-0.2, 0) is 6.18 Å². The molecule has 0 aliphatic heterocycles. The first-order valence-electron chi connectivity index (χ1n) is 5.37. The molecule has 20 heavy (non-hydrogen) atoms. The molecule has 0 unspecified atom stereocenters. The van der Waals surface area contributed by atoms with Crippen molar-refractivity contribution >= 4 is 6.29 Å². The van der Waals surface area contributed by atoms with E-state index in [0.29, 0.717) is 6.29 Å². The van der Waals surface area contributed by atoms with Gasteiger partial charge in [-0.25, -0.2) is 9.37 Å². The molecule has 0 spiro atoms. The lowest BCUT2D eigenvalue weighted by molar-refractivity contribution is -0.141. The number of carbonyl (C=O) groups is 1. The molecule has 7 heteroatoms. The molecule has 0 radical (unpaired) electrons. The normalized spacial score (nSPS) is 11.2. The molecule has 2 aromatic rings. The predicted octanol–water partition coefficient (Wildman–Crippen LogP) is 3.84. The molecule has 0 bridgehead atoms. The minimum Gasteiger partial charge on any atom is -0.436 e. The van der Waals surface area contributed by atoms with Crippen LogP contribution < -0.4 is 4.74 Å². The molecular weight excluding hydrogens is 278 g/mol. The van der Waals surface area contributed by atoms with Crippen molar-refractivity contribution in [3.05, 3.63) is 53.5 Å². The molecule has 0 saturated carbocycles. The molecule has 1 heterocycles. The third-order valence-electron chi connectivity index (χ3n) is 2.32. The van der Waals surface area contributed by atoms with Crippen molar-refractivity contribution < 1.29 is 27.1 Å². The van der Waals surface area contributed by atoms with Gasteiger partial charge >= 0.3 is 6.18 Å². The lowest BCUT2D eigenvalue weighted by Gasteiger charge is -2.09. The van der Waals surface area contributed by atoms with Crippen LogP contribution in [0.2, 0.25) is 0 Å². The first-order chi connectivity index (χ1) is 9.40. The van der Waals surface area contributed by atoms with Crippen LogP contribution in [-0.4, -0.2) is 11.3 Å². The zero-order valence-corrected chi connectivity index (χ0v) is 9.82. The van der Waals surface area contributed by atoms with Crippen LogP contribution in [0.3, 0.4) is 0 Å². The average molecular weight is 285 g/mol. The van der Waals surface area contributed by atoms with Gasteiger partial charge in [0.2, 0.25) is 5.88 Å². The summed E-state index contributed by atoms with van der Waals surface area (Å²) in [6.07, 6.45) is -4.17. The lowest BCUT2D eigenvalue weighted by atomic mass is 10.2. The lowest BCUT2D eigenvalue weighted by Crippen LogP contribution is -2.08. The van der Waals surface area contributed by atoms with Gasteiger partial charge in [0.15, 0.2) is 11.6 Å². The predicted molar refractivity (Wildman–Crippen MR) is 61.1 cm³/mol. The van der Waals surface area contributed by atoms with E-state index in [2.05, 4.69) is 4.98 Å². The highest BCUT2D eigenvalue weighted by Crippen LogP contribution is 2.30. The number of hydrogen-bond donors (Lipinski definition) is 0. The maximum atomic E-state index is 13.5. The smallest absolute Gasteiger partial charge is 0.433 e. The number of nitrogens with zero attached hydrogens (tertiary/aromatic N) is 1. The molecule has 104 valence electrons. The van der Waals surface area contributed by atoms with E-state index in [-0.39, 0.29) is 11.3 Å². The van der Waals surface area contributed by atoms with Gasteiger partial charge in [-0.3, -0.25) is 4.79 Å². The highest BCUT2D eigenvalue weighted by Gasteiger charge is 2.32. The van der Waals surface area contributed by atoms with Gasteiger partial charge in [-0.05, 0) is 24.3 Å². The summed E-state index contributed by atoms with van der Waals surface area (Å²) < 4.78 is 55.8. The zero-order chi connectivity index (χ0) is 14.8. The fourth-order valence-corrected chi connectivity index (χ4v) is 1.42. The number of pyridine rings is 1. The summed E-state index contributed by atoms with van der Waals surface area (Å²) in [6.45, 7) is 0. The summed E-state index contributed by atoms with van der Waals surface area (Å²) in [6, 6.07) is 6.37. The summed E-state index contributed by atoms with van der Waals surface area (Å²) in [5, 5.41) is 0. The number of aldehydes is 1. The van der Waals surface area contributed by atoms with Crippen molar-refractivity contribution in [2.45, 2.75) is 6.18 Å². The minimum absolute atomic E-state index is 0.0897. The molecule has 0 fully saturated rings. The molecule has 2 rings (SSSR count). The minimum atomic E-state index is -4.61. The van der Waals surface area contributed by atoms with E-state index in [1.54, 1.807) is 0 Å². The Kier molecular flexibility index (Phi) is 3.69. The van der Waals surface area contributed by atoms with Gasteiger partial charge in [0.25, 0.3) is 0 Å². The molecule has 0 amide bonds. The quantitative estimate of drug-likeness (QED) is 0.635. The Morgan fingerprint density at radius 1 is 1.15 bits per heavy atom. The molecule has 0 saturated heterocycles. The van der Waals surface area contributed by atoms with Crippen molar-refractivity contribution in [3.63, 3.8) is 0 Å². The Bertz CT molecular complexity index is 641. The SMILES string of the molecule is O=Cc1ccc(Oc2cccc(C(F)(F)F)n2)c(F)c1. The second-order valence-corrected chi connectivity index (χ2v) is 3.77. The molecule has 0 aliphatic carbocycles. The van der Waals surface area contributed by atoms with E-state index in [1.807, 2.05) is 0 Å². The summed E-state index contributed by atoms with van der Waals surface area (Å²) in [5.74, 6) is -1.58. The number of alkyl halides is 3. The molecular formula is C13H7F4NO2. The Hall–Kier alpha value is -2.44. The van der Waals surface area contributed by atoms with Crippen molar-refractivity contribution in [1.29, 1.82) is 0 Å². The van der Waals surface area contributed by atoms with Gasteiger partial charge < -0.3 is 4.74 Å². The number of aromatic nitrogens is 1. The fraction of sp³-hybridized carbons (Fsp3) is 0.0769. The van der Waals surface area contributed by atoms with Gasteiger partial charge in [0.1, 0.15) is 12.0 Å². The summed E-state index contributed by atoms with van der Waals surface area (Å²) in [4.78, 5) is 13.7. The van der Waals surface area contributed by atoms with E-state index in [4.69, 9.17) is 4.74 Å². The van der Waals surface area contributed by atoms with Gasteiger partial charge in [-0.1, -0.05) is 6.07 Å². The largest absolute Gasteiger partial charge is 0.436 e. The van der Waals surface area contributed by atoms with Crippen LogP contribution >= 0.6 is 0 Å². The van der Waals surface area contributed by atoms with Crippen molar-refractivity contribution in [2.75, 3.05) is 0 Å². The summed E-state index contributed by atoms with van der Waals surface area (Å²) in [7, 11) is 0. The van der Waals surface area contributed by atoms with E-state index in [9.17, 15) is 22.4 Å². The summed E-state index contributed by atoms with van der Waals surface area (Å²) in [5.41, 5.74) is -1.05. The first kappa shape index (κ1) is 14.0. The molecule has 0 atom stereocenters. The van der Waals surface area contributed by atoms with E-state index in [0.717, 1.165) is 24.3 Å². The first-order valence-corrected chi connectivity index (χ1v) is 5.37. The van der Waals surface area contributed by atoms with Crippen LogP contribution in [0, 0.1) is 5.82 Å². The maximum absolute atomic E-state index is 13.5. The Labute approximate surface area is 110 Å². The van der Waals surface area contributed by atoms with Crippen LogP contribution in [0.15, 0.2) is 36.4 Å². The van der Waals surface area contributed by atoms with Crippen molar-refractivity contribution in [3.8, 4) is 11.6 Å².